The maximum absolute atomic E-state index is 8.82. The van der Waals surface area contributed by atoms with Crippen molar-refractivity contribution in [3.05, 3.63) is 68.4 Å². The van der Waals surface area contributed by atoms with Crippen LogP contribution in [0, 0.1) is 16.1 Å². The van der Waals surface area contributed by atoms with Gasteiger partial charge in [0.2, 0.25) is 4.77 Å². The lowest BCUT2D eigenvalue weighted by molar-refractivity contribution is 0.871. The van der Waals surface area contributed by atoms with Crippen LogP contribution in [0.25, 0.3) is 11.4 Å². The van der Waals surface area contributed by atoms with Crippen LogP contribution in [-0.4, -0.2) is 21.1 Å². The second kappa shape index (κ2) is 6.97. The molecule has 0 saturated heterocycles. The molecule has 24 heavy (non-hydrogen) atoms. The van der Waals surface area contributed by atoms with Crippen LogP contribution >= 0.6 is 35.4 Å². The van der Waals surface area contributed by atoms with Gasteiger partial charge >= 0.3 is 0 Å². The van der Waals surface area contributed by atoms with Crippen molar-refractivity contribution in [3.8, 4) is 17.5 Å². The number of nitriles is 1. The summed E-state index contributed by atoms with van der Waals surface area (Å²) in [5, 5.41) is 21.0. The molecule has 118 valence electrons. The van der Waals surface area contributed by atoms with Crippen LogP contribution in [-0.2, 0) is 0 Å². The van der Waals surface area contributed by atoms with E-state index in [1.165, 1.54) is 4.68 Å². The maximum Gasteiger partial charge on any atom is 0.216 e. The van der Waals surface area contributed by atoms with Crippen LogP contribution < -0.4 is 0 Å². The molecule has 3 rings (SSSR count). The molecule has 0 unspecified atom stereocenters. The van der Waals surface area contributed by atoms with E-state index in [1.54, 1.807) is 48.7 Å². The highest BCUT2D eigenvalue weighted by Gasteiger charge is 2.12. The molecule has 0 atom stereocenters. The van der Waals surface area contributed by atoms with Crippen molar-refractivity contribution in [3.63, 3.8) is 0 Å². The van der Waals surface area contributed by atoms with Crippen LogP contribution in [0.1, 0.15) is 11.1 Å². The first-order valence-electron chi connectivity index (χ1n) is 6.76. The number of aromatic nitrogens is 3. The van der Waals surface area contributed by atoms with Crippen LogP contribution in [0.15, 0.2) is 47.6 Å². The molecule has 1 heterocycles. The van der Waals surface area contributed by atoms with E-state index in [1.807, 2.05) is 0 Å². The van der Waals surface area contributed by atoms with E-state index in [9.17, 15) is 0 Å². The predicted molar refractivity (Wildman–Crippen MR) is 97.0 cm³/mol. The van der Waals surface area contributed by atoms with E-state index in [2.05, 4.69) is 21.4 Å². The molecule has 1 aromatic heterocycles. The molecular formula is C16H9Cl2N5S. The fourth-order valence-electron chi connectivity index (χ4n) is 2.01. The second-order valence-electron chi connectivity index (χ2n) is 4.77. The molecule has 0 aliphatic carbocycles. The molecule has 0 radical (unpaired) electrons. The Hall–Kier alpha value is -2.46. The Morgan fingerprint density at radius 3 is 2.62 bits per heavy atom. The molecule has 2 aromatic carbocycles. The third-order valence-corrected chi connectivity index (χ3v) is 4.00. The zero-order chi connectivity index (χ0) is 17.1. The lowest BCUT2D eigenvalue weighted by Gasteiger charge is -2.04. The molecule has 0 fully saturated rings. The van der Waals surface area contributed by atoms with Gasteiger partial charge in [0.25, 0.3) is 0 Å². The van der Waals surface area contributed by atoms with E-state index < -0.39 is 0 Å². The molecular weight excluding hydrogens is 365 g/mol. The zero-order valence-electron chi connectivity index (χ0n) is 12.1. The predicted octanol–water partition coefficient (Wildman–Crippen LogP) is 4.67. The molecule has 0 bridgehead atoms. The van der Waals surface area contributed by atoms with Crippen molar-refractivity contribution in [1.29, 1.82) is 5.26 Å². The summed E-state index contributed by atoms with van der Waals surface area (Å²) in [6, 6.07) is 14.2. The Morgan fingerprint density at radius 2 is 1.96 bits per heavy atom. The van der Waals surface area contributed by atoms with Crippen LogP contribution in [0.5, 0.6) is 0 Å². The van der Waals surface area contributed by atoms with Gasteiger partial charge in [0, 0.05) is 10.6 Å². The minimum atomic E-state index is 0.334. The van der Waals surface area contributed by atoms with E-state index >= 15 is 0 Å². The second-order valence-corrected chi connectivity index (χ2v) is 6.00. The van der Waals surface area contributed by atoms with Crippen LogP contribution in [0.2, 0.25) is 10.0 Å². The summed E-state index contributed by atoms with van der Waals surface area (Å²) < 4.78 is 1.81. The molecule has 0 spiro atoms. The minimum absolute atomic E-state index is 0.334. The first-order valence-corrected chi connectivity index (χ1v) is 7.92. The van der Waals surface area contributed by atoms with Crippen LogP contribution in [0.3, 0.4) is 0 Å². The van der Waals surface area contributed by atoms with Gasteiger partial charge in [0.15, 0.2) is 5.82 Å². The lowest BCUT2D eigenvalue weighted by Crippen LogP contribution is -1.95. The van der Waals surface area contributed by atoms with Crippen molar-refractivity contribution < 1.29 is 0 Å². The van der Waals surface area contributed by atoms with Crippen molar-refractivity contribution in [1.82, 2.24) is 14.9 Å². The average molecular weight is 374 g/mol. The lowest BCUT2D eigenvalue weighted by atomic mass is 10.2. The number of halogens is 2. The van der Waals surface area contributed by atoms with Gasteiger partial charge in [0.05, 0.1) is 22.9 Å². The van der Waals surface area contributed by atoms with Gasteiger partial charge in [-0.3, -0.25) is 0 Å². The molecule has 5 nitrogen and oxygen atoms in total. The smallest absolute Gasteiger partial charge is 0.216 e. The normalized spacial score (nSPS) is 10.9. The highest BCUT2D eigenvalue weighted by molar-refractivity contribution is 7.71. The monoisotopic (exact) mass is 373 g/mol. The van der Waals surface area contributed by atoms with Crippen molar-refractivity contribution in [2.24, 2.45) is 5.10 Å². The van der Waals surface area contributed by atoms with E-state index in [4.69, 9.17) is 40.7 Å². The first-order chi connectivity index (χ1) is 11.6. The molecule has 0 amide bonds. The van der Waals surface area contributed by atoms with Gasteiger partial charge in [-0.25, -0.2) is 5.10 Å². The van der Waals surface area contributed by atoms with E-state index in [-0.39, 0.29) is 0 Å². The third kappa shape index (κ3) is 3.39. The van der Waals surface area contributed by atoms with Crippen LogP contribution in [0.4, 0.5) is 0 Å². The van der Waals surface area contributed by atoms with E-state index in [0.29, 0.717) is 31.8 Å². The standard InChI is InChI=1S/C16H9Cl2N5S/c17-12-5-6-13(14(18)7-12)15-21-22-16(24)23(15)20-9-11-3-1-10(8-19)2-4-11/h1-7,9H,(H,22,24)/b20-9-. The average Bonchev–Trinajstić information content (AvgIpc) is 2.94. The Labute approximate surface area is 152 Å². The summed E-state index contributed by atoms with van der Waals surface area (Å²) in [6.07, 6.45) is 1.62. The maximum atomic E-state index is 8.82. The number of H-pyrrole nitrogens is 1. The highest BCUT2D eigenvalue weighted by Crippen LogP contribution is 2.29. The molecule has 8 heteroatoms. The number of nitrogens with zero attached hydrogens (tertiary/aromatic N) is 4. The molecule has 0 aliphatic heterocycles. The highest BCUT2D eigenvalue weighted by atomic mass is 35.5. The number of rotatable bonds is 3. The number of nitrogens with one attached hydrogen (secondary N) is 1. The summed E-state index contributed by atoms with van der Waals surface area (Å²) in [4.78, 5) is 0. The molecule has 1 N–H and O–H groups in total. The van der Waals surface area contributed by atoms with Crippen molar-refractivity contribution in [2.45, 2.75) is 0 Å². The Bertz CT molecular complexity index is 1010. The summed E-state index contributed by atoms with van der Waals surface area (Å²) in [6.45, 7) is 0. The summed E-state index contributed by atoms with van der Waals surface area (Å²) in [5.41, 5.74) is 2.07. The number of hydrogen-bond acceptors (Lipinski definition) is 4. The first kappa shape index (κ1) is 16.4. The summed E-state index contributed by atoms with van der Waals surface area (Å²) in [5.74, 6) is 0.478. The fourth-order valence-corrected chi connectivity index (χ4v) is 2.68. The van der Waals surface area contributed by atoms with Gasteiger partial charge in [-0.2, -0.15) is 20.1 Å². The van der Waals surface area contributed by atoms with Gasteiger partial charge in [0.1, 0.15) is 0 Å². The third-order valence-electron chi connectivity index (χ3n) is 3.18. The topological polar surface area (TPSA) is 69.8 Å². The fraction of sp³-hybridized carbons (Fsp3) is 0. The van der Waals surface area contributed by atoms with Crippen molar-refractivity contribution in [2.75, 3.05) is 0 Å². The minimum Gasteiger partial charge on any atom is -0.250 e. The molecule has 0 saturated carbocycles. The quantitative estimate of drug-likeness (QED) is 0.535. The SMILES string of the molecule is N#Cc1ccc(/C=N\n2c(-c3ccc(Cl)cc3Cl)n[nH]c2=S)cc1. The Balaban J connectivity index is 2.00. The number of aromatic amines is 1. The van der Waals surface area contributed by atoms with Gasteiger partial charge in [-0.1, -0.05) is 35.3 Å². The summed E-state index contributed by atoms with van der Waals surface area (Å²) in [7, 11) is 0. The van der Waals surface area contributed by atoms with E-state index in [0.717, 1.165) is 5.56 Å². The molecule has 0 aliphatic rings. The zero-order valence-corrected chi connectivity index (χ0v) is 14.4. The Kier molecular flexibility index (Phi) is 4.76. The largest absolute Gasteiger partial charge is 0.250 e. The van der Waals surface area contributed by atoms with Crippen molar-refractivity contribution >= 4 is 41.6 Å². The van der Waals surface area contributed by atoms with Gasteiger partial charge < -0.3 is 0 Å². The summed E-state index contributed by atoms with van der Waals surface area (Å²) >= 11 is 17.4. The Morgan fingerprint density at radius 1 is 1.21 bits per heavy atom. The van der Waals surface area contributed by atoms with Gasteiger partial charge in [-0.05, 0) is 48.1 Å². The molecule has 3 aromatic rings. The van der Waals surface area contributed by atoms with Gasteiger partial charge in [-0.15, -0.1) is 0 Å². The number of hydrogen-bond donors (Lipinski definition) is 1. The number of benzene rings is 2.